The van der Waals surface area contributed by atoms with Crippen LogP contribution >= 0.6 is 0 Å². The molecule has 0 aromatic carbocycles. The van der Waals surface area contributed by atoms with Gasteiger partial charge in [-0.1, -0.05) is 12.8 Å². The molecule has 0 bridgehead atoms. The largest absolute Gasteiger partial charge is 0.465 e. The van der Waals surface area contributed by atoms with E-state index in [1.807, 2.05) is 20.9 Å². The van der Waals surface area contributed by atoms with Crippen LogP contribution in [0.25, 0.3) is 0 Å². The first-order valence-corrected chi connectivity index (χ1v) is 7.63. The van der Waals surface area contributed by atoms with Crippen LogP contribution in [0.3, 0.4) is 0 Å². The minimum atomic E-state index is -0.582. The summed E-state index contributed by atoms with van der Waals surface area (Å²) in [6, 6.07) is 0.403. The minimum Gasteiger partial charge on any atom is -0.465 e. The van der Waals surface area contributed by atoms with Gasteiger partial charge in [0.05, 0.1) is 6.61 Å². The van der Waals surface area contributed by atoms with Crippen molar-refractivity contribution in [1.82, 2.24) is 10.2 Å². The number of esters is 1. The van der Waals surface area contributed by atoms with Crippen LogP contribution in [0.2, 0.25) is 0 Å². The van der Waals surface area contributed by atoms with Gasteiger partial charge in [0.15, 0.2) is 0 Å². The second-order valence-corrected chi connectivity index (χ2v) is 5.81. The molecule has 2 unspecified atom stereocenters. The van der Waals surface area contributed by atoms with E-state index in [0.717, 1.165) is 19.5 Å². The lowest BCUT2D eigenvalue weighted by atomic mass is 9.93. The highest BCUT2D eigenvalue weighted by Crippen LogP contribution is 2.20. The Balaban J connectivity index is 2.60. The Kier molecular flexibility index (Phi) is 6.80. The Morgan fingerprint density at radius 3 is 2.37 bits per heavy atom. The molecular weight excluding hydrogens is 240 g/mol. The van der Waals surface area contributed by atoms with Crippen molar-refractivity contribution >= 4 is 5.97 Å². The monoisotopic (exact) mass is 270 g/mol. The number of nitrogens with one attached hydrogen (secondary N) is 1. The fraction of sp³-hybridized carbons (Fsp3) is 0.933. The van der Waals surface area contributed by atoms with Crippen LogP contribution in [-0.2, 0) is 9.53 Å². The Morgan fingerprint density at radius 1 is 1.32 bits per heavy atom. The maximum Gasteiger partial charge on any atom is 0.326 e. The molecule has 0 saturated carbocycles. The second-order valence-electron chi connectivity index (χ2n) is 5.81. The van der Waals surface area contributed by atoms with Gasteiger partial charge in [0.1, 0.15) is 5.54 Å². The Morgan fingerprint density at radius 2 is 1.89 bits per heavy atom. The van der Waals surface area contributed by atoms with Crippen LogP contribution in [0.5, 0.6) is 0 Å². The summed E-state index contributed by atoms with van der Waals surface area (Å²) in [5.41, 5.74) is -0.582. The first-order chi connectivity index (χ1) is 9.03. The van der Waals surface area contributed by atoms with Gasteiger partial charge in [-0.05, 0) is 60.2 Å². The zero-order valence-corrected chi connectivity index (χ0v) is 13.0. The van der Waals surface area contributed by atoms with Crippen LogP contribution in [0, 0.1) is 0 Å². The number of rotatable bonds is 6. The molecule has 0 amide bonds. The van der Waals surface area contributed by atoms with Gasteiger partial charge in [-0.2, -0.15) is 0 Å². The fourth-order valence-corrected chi connectivity index (χ4v) is 2.83. The number of ether oxygens (including phenoxy) is 1. The molecule has 112 valence electrons. The summed E-state index contributed by atoms with van der Waals surface area (Å²) in [7, 11) is 1.84. The van der Waals surface area contributed by atoms with Crippen molar-refractivity contribution < 1.29 is 9.53 Å². The Hall–Kier alpha value is -0.610. The van der Waals surface area contributed by atoms with Crippen molar-refractivity contribution in [1.29, 1.82) is 0 Å². The van der Waals surface area contributed by atoms with Gasteiger partial charge < -0.3 is 15.0 Å². The zero-order chi connectivity index (χ0) is 14.3. The molecule has 2 atom stereocenters. The van der Waals surface area contributed by atoms with Gasteiger partial charge in [0.25, 0.3) is 0 Å². The smallest absolute Gasteiger partial charge is 0.326 e. The van der Waals surface area contributed by atoms with E-state index < -0.39 is 5.54 Å². The summed E-state index contributed by atoms with van der Waals surface area (Å²) in [5.74, 6) is -0.140. The van der Waals surface area contributed by atoms with Crippen LogP contribution in [0.15, 0.2) is 0 Å². The molecule has 0 radical (unpaired) electrons. The fourth-order valence-electron chi connectivity index (χ4n) is 2.83. The normalized spacial score (nSPS) is 22.3. The lowest BCUT2D eigenvalue weighted by molar-refractivity contribution is -0.151. The van der Waals surface area contributed by atoms with Crippen molar-refractivity contribution in [3.8, 4) is 0 Å². The lowest BCUT2D eigenvalue weighted by Crippen LogP contribution is -2.53. The molecule has 4 nitrogen and oxygen atoms in total. The summed E-state index contributed by atoms with van der Waals surface area (Å²) in [6.45, 7) is 8.77. The first-order valence-electron chi connectivity index (χ1n) is 7.63. The molecule has 1 aliphatic rings. The molecule has 1 heterocycles. The van der Waals surface area contributed by atoms with Gasteiger partial charge in [-0.15, -0.1) is 0 Å². The molecule has 1 aliphatic heterocycles. The Bertz CT molecular complexity index is 275. The zero-order valence-electron chi connectivity index (χ0n) is 13.0. The van der Waals surface area contributed by atoms with Crippen molar-refractivity contribution in [2.75, 3.05) is 26.7 Å². The summed E-state index contributed by atoms with van der Waals surface area (Å²) >= 11 is 0. The van der Waals surface area contributed by atoms with Crippen molar-refractivity contribution in [3.63, 3.8) is 0 Å². The van der Waals surface area contributed by atoms with E-state index >= 15 is 0 Å². The van der Waals surface area contributed by atoms with E-state index in [-0.39, 0.29) is 5.97 Å². The first kappa shape index (κ1) is 16.4. The van der Waals surface area contributed by atoms with Gasteiger partial charge in [-0.3, -0.25) is 4.79 Å². The third-order valence-electron chi connectivity index (χ3n) is 4.25. The number of carbonyl (C=O) groups excluding carboxylic acids is 1. The van der Waals surface area contributed by atoms with Crippen LogP contribution in [0.4, 0.5) is 0 Å². The summed E-state index contributed by atoms with van der Waals surface area (Å²) < 4.78 is 5.19. The van der Waals surface area contributed by atoms with E-state index in [1.165, 1.54) is 25.7 Å². The molecule has 1 fully saturated rings. The molecule has 1 N–H and O–H groups in total. The number of hydrogen-bond donors (Lipinski definition) is 1. The van der Waals surface area contributed by atoms with Crippen LogP contribution in [-0.4, -0.2) is 49.2 Å². The van der Waals surface area contributed by atoms with Gasteiger partial charge in [0, 0.05) is 6.04 Å². The van der Waals surface area contributed by atoms with Crippen molar-refractivity contribution in [3.05, 3.63) is 0 Å². The molecular formula is C15H30N2O2. The van der Waals surface area contributed by atoms with E-state index in [1.54, 1.807) is 0 Å². The Labute approximate surface area is 117 Å². The molecule has 0 aromatic heterocycles. The number of likely N-dealkylation sites (N-methyl/N-ethyl adjacent to an activating group) is 1. The van der Waals surface area contributed by atoms with E-state index in [0.29, 0.717) is 12.6 Å². The molecule has 19 heavy (non-hydrogen) atoms. The van der Waals surface area contributed by atoms with Crippen molar-refractivity contribution in [2.24, 2.45) is 0 Å². The topological polar surface area (TPSA) is 41.6 Å². The number of carbonyl (C=O) groups is 1. The maximum atomic E-state index is 12.1. The SMILES string of the molecule is CCOC(=O)C(C)(CC(C)N1CCCCCC1)NC. The molecule has 0 aromatic rings. The highest BCUT2D eigenvalue weighted by atomic mass is 16.5. The molecule has 1 saturated heterocycles. The summed E-state index contributed by atoms with van der Waals surface area (Å²) in [6.07, 6.45) is 6.02. The predicted molar refractivity (Wildman–Crippen MR) is 78.2 cm³/mol. The average molecular weight is 270 g/mol. The van der Waals surface area contributed by atoms with Crippen LogP contribution in [0.1, 0.15) is 52.9 Å². The highest BCUT2D eigenvalue weighted by Gasteiger charge is 2.36. The number of nitrogens with zero attached hydrogens (tertiary/aromatic N) is 1. The van der Waals surface area contributed by atoms with E-state index in [4.69, 9.17) is 4.74 Å². The molecule has 4 heteroatoms. The summed E-state index contributed by atoms with van der Waals surface area (Å²) in [4.78, 5) is 14.6. The van der Waals surface area contributed by atoms with Gasteiger partial charge >= 0.3 is 5.97 Å². The third-order valence-corrected chi connectivity index (χ3v) is 4.25. The van der Waals surface area contributed by atoms with Gasteiger partial charge in [0.2, 0.25) is 0 Å². The highest BCUT2D eigenvalue weighted by molar-refractivity contribution is 5.80. The number of likely N-dealkylation sites (tertiary alicyclic amines) is 1. The van der Waals surface area contributed by atoms with Gasteiger partial charge in [-0.25, -0.2) is 0 Å². The molecule has 0 aliphatic carbocycles. The molecule has 0 spiro atoms. The van der Waals surface area contributed by atoms with Crippen LogP contribution < -0.4 is 5.32 Å². The quantitative estimate of drug-likeness (QED) is 0.751. The molecule has 1 rings (SSSR count). The van der Waals surface area contributed by atoms with E-state index in [2.05, 4.69) is 17.1 Å². The third kappa shape index (κ3) is 4.77. The number of hydrogen-bond acceptors (Lipinski definition) is 4. The minimum absolute atomic E-state index is 0.140. The van der Waals surface area contributed by atoms with E-state index in [9.17, 15) is 4.79 Å². The average Bonchev–Trinajstić information content (AvgIpc) is 2.67. The standard InChI is InChI=1S/C15H30N2O2/c1-5-19-14(18)15(3,16-4)12-13(2)17-10-8-6-7-9-11-17/h13,16H,5-12H2,1-4H3. The summed E-state index contributed by atoms with van der Waals surface area (Å²) in [5, 5.41) is 3.15. The van der Waals surface area contributed by atoms with Crippen molar-refractivity contribution in [2.45, 2.75) is 64.5 Å². The maximum absolute atomic E-state index is 12.1. The lowest BCUT2D eigenvalue weighted by Gasteiger charge is -2.35. The predicted octanol–water partition coefficient (Wildman–Crippen LogP) is 2.18. The second kappa shape index (κ2) is 7.85.